The molecule has 3 aliphatic rings. The Morgan fingerprint density at radius 2 is 1.68 bits per heavy atom. The molecule has 3 heterocycles. The highest BCUT2D eigenvalue weighted by Gasteiger charge is 2.33. The summed E-state index contributed by atoms with van der Waals surface area (Å²) in [5.41, 5.74) is 2.06. The van der Waals surface area contributed by atoms with E-state index in [4.69, 9.17) is 0 Å². The Hall–Kier alpha value is -1.64. The second-order valence-corrected chi connectivity index (χ2v) is 10.4. The van der Waals surface area contributed by atoms with Gasteiger partial charge in [-0.05, 0) is 43.5 Å². The summed E-state index contributed by atoms with van der Waals surface area (Å²) in [5, 5.41) is 2.99. The number of sulfone groups is 1. The Bertz CT molecular complexity index is 782. The van der Waals surface area contributed by atoms with Gasteiger partial charge < -0.3 is 10.2 Å². The topological polar surface area (TPSA) is 73.0 Å². The van der Waals surface area contributed by atoms with Crippen LogP contribution in [0.15, 0.2) is 24.3 Å². The summed E-state index contributed by atoms with van der Waals surface area (Å²) < 4.78 is 23.3. The number of benzene rings is 1. The lowest BCUT2D eigenvalue weighted by Gasteiger charge is -2.37. The molecule has 1 aromatic carbocycles. The average molecular weight is 407 g/mol. The van der Waals surface area contributed by atoms with Crippen molar-refractivity contribution >= 4 is 27.1 Å². The first-order valence-corrected chi connectivity index (χ1v) is 12.1. The van der Waals surface area contributed by atoms with E-state index in [1.807, 2.05) is 12.1 Å². The van der Waals surface area contributed by atoms with E-state index >= 15 is 0 Å². The van der Waals surface area contributed by atoms with E-state index in [-0.39, 0.29) is 11.9 Å². The fraction of sp³-hybridized carbons (Fsp3) is 0.650. The lowest BCUT2D eigenvalue weighted by molar-refractivity contribution is -0.117. The van der Waals surface area contributed by atoms with E-state index in [9.17, 15) is 13.2 Å². The Labute approximate surface area is 167 Å². The van der Waals surface area contributed by atoms with Crippen LogP contribution in [-0.4, -0.2) is 87.5 Å². The maximum Gasteiger partial charge on any atom is 0.238 e. The fourth-order valence-corrected chi connectivity index (χ4v) is 6.25. The molecule has 154 valence electrons. The lowest BCUT2D eigenvalue weighted by Crippen LogP contribution is -2.52. The highest BCUT2D eigenvalue weighted by atomic mass is 32.2. The molecule has 0 spiro atoms. The first-order chi connectivity index (χ1) is 13.5. The molecule has 1 amide bonds. The van der Waals surface area contributed by atoms with Crippen LogP contribution in [0.5, 0.6) is 0 Å². The van der Waals surface area contributed by atoms with Gasteiger partial charge in [-0.3, -0.25) is 14.6 Å². The minimum atomic E-state index is -2.84. The van der Waals surface area contributed by atoms with Crippen LogP contribution in [0.25, 0.3) is 0 Å². The van der Waals surface area contributed by atoms with Gasteiger partial charge in [0.05, 0.1) is 18.1 Å². The summed E-state index contributed by atoms with van der Waals surface area (Å²) in [4.78, 5) is 19.2. The Balaban J connectivity index is 1.21. The third-order valence-corrected chi connectivity index (χ3v) is 7.87. The van der Waals surface area contributed by atoms with Crippen LogP contribution >= 0.6 is 0 Å². The third-order valence-electron chi connectivity index (χ3n) is 6.12. The van der Waals surface area contributed by atoms with Gasteiger partial charge in [0.2, 0.25) is 5.91 Å². The first kappa shape index (κ1) is 19.7. The number of hydrogen-bond donors (Lipinski definition) is 1. The maximum atomic E-state index is 12.4. The van der Waals surface area contributed by atoms with Crippen LogP contribution in [-0.2, 0) is 14.6 Å². The SMILES string of the molecule is O=C(CN1CCN([C@H]2CCS(=O)(=O)C2)CC1)Nc1ccc(N2CCCC2)cc1. The second kappa shape index (κ2) is 8.39. The maximum absolute atomic E-state index is 12.4. The summed E-state index contributed by atoms with van der Waals surface area (Å²) in [6.45, 7) is 5.88. The lowest BCUT2D eigenvalue weighted by atomic mass is 10.2. The number of piperazine rings is 1. The molecule has 3 fully saturated rings. The average Bonchev–Trinajstić information content (AvgIpc) is 3.33. The molecular formula is C20H30N4O3S. The van der Waals surface area contributed by atoms with Crippen molar-refractivity contribution < 1.29 is 13.2 Å². The van der Waals surface area contributed by atoms with Crippen molar-refractivity contribution in [2.75, 3.05) is 67.5 Å². The zero-order valence-electron chi connectivity index (χ0n) is 16.3. The molecule has 4 rings (SSSR count). The standard InChI is InChI=1S/C20H30N4O3S/c25-20(21-17-3-5-18(6-4-17)23-8-1-2-9-23)15-22-10-12-24(13-11-22)19-7-14-28(26,27)16-19/h3-6,19H,1-2,7-16H2,(H,21,25)/t19-/m0/s1. The molecule has 0 unspecified atom stereocenters. The Morgan fingerprint density at radius 3 is 2.29 bits per heavy atom. The van der Waals surface area contributed by atoms with Gasteiger partial charge in [-0.15, -0.1) is 0 Å². The van der Waals surface area contributed by atoms with Crippen molar-refractivity contribution in [3.05, 3.63) is 24.3 Å². The molecule has 0 radical (unpaired) electrons. The minimum Gasteiger partial charge on any atom is -0.372 e. The van der Waals surface area contributed by atoms with Gasteiger partial charge in [0.15, 0.2) is 9.84 Å². The number of nitrogens with one attached hydrogen (secondary N) is 1. The van der Waals surface area contributed by atoms with Crippen molar-refractivity contribution in [3.63, 3.8) is 0 Å². The largest absolute Gasteiger partial charge is 0.372 e. The summed E-state index contributed by atoms with van der Waals surface area (Å²) >= 11 is 0. The smallest absolute Gasteiger partial charge is 0.238 e. The fourth-order valence-electron chi connectivity index (χ4n) is 4.48. The monoisotopic (exact) mass is 406 g/mol. The van der Waals surface area contributed by atoms with E-state index in [0.717, 1.165) is 51.4 Å². The molecule has 28 heavy (non-hydrogen) atoms. The van der Waals surface area contributed by atoms with Crippen molar-refractivity contribution in [3.8, 4) is 0 Å². The summed E-state index contributed by atoms with van der Waals surface area (Å²) in [6, 6.07) is 8.27. The number of nitrogens with zero attached hydrogens (tertiary/aromatic N) is 3. The predicted molar refractivity (Wildman–Crippen MR) is 112 cm³/mol. The van der Waals surface area contributed by atoms with Crippen LogP contribution < -0.4 is 10.2 Å². The molecule has 0 aliphatic carbocycles. The molecule has 0 saturated carbocycles. The zero-order chi connectivity index (χ0) is 19.6. The van der Waals surface area contributed by atoms with Crippen LogP contribution in [0, 0.1) is 0 Å². The molecule has 0 aromatic heterocycles. The quantitative estimate of drug-likeness (QED) is 0.788. The molecule has 3 saturated heterocycles. The van der Waals surface area contributed by atoms with Gasteiger partial charge in [-0.1, -0.05) is 0 Å². The zero-order valence-corrected chi connectivity index (χ0v) is 17.2. The molecule has 1 aromatic rings. The summed E-state index contributed by atoms with van der Waals surface area (Å²) in [7, 11) is -2.84. The molecular weight excluding hydrogens is 376 g/mol. The number of carbonyl (C=O) groups excluding carboxylic acids is 1. The van der Waals surface area contributed by atoms with Crippen molar-refractivity contribution in [1.29, 1.82) is 0 Å². The van der Waals surface area contributed by atoms with Crippen molar-refractivity contribution in [2.45, 2.75) is 25.3 Å². The van der Waals surface area contributed by atoms with Crippen LogP contribution in [0.4, 0.5) is 11.4 Å². The van der Waals surface area contributed by atoms with Crippen molar-refractivity contribution in [1.82, 2.24) is 9.80 Å². The van der Waals surface area contributed by atoms with E-state index in [0.29, 0.717) is 18.1 Å². The molecule has 8 heteroatoms. The number of carbonyl (C=O) groups is 1. The van der Waals surface area contributed by atoms with Gasteiger partial charge in [-0.2, -0.15) is 0 Å². The summed E-state index contributed by atoms with van der Waals surface area (Å²) in [5.74, 6) is 0.614. The van der Waals surface area contributed by atoms with Gasteiger partial charge in [-0.25, -0.2) is 8.42 Å². The molecule has 0 bridgehead atoms. The molecule has 1 atom stereocenters. The van der Waals surface area contributed by atoms with Crippen molar-refractivity contribution in [2.24, 2.45) is 0 Å². The van der Waals surface area contributed by atoms with Crippen LogP contribution in [0.2, 0.25) is 0 Å². The second-order valence-electron chi connectivity index (χ2n) is 8.16. The number of amides is 1. The highest BCUT2D eigenvalue weighted by molar-refractivity contribution is 7.91. The predicted octanol–water partition coefficient (Wildman–Crippen LogP) is 1.03. The van der Waals surface area contributed by atoms with Gasteiger partial charge in [0.1, 0.15) is 0 Å². The van der Waals surface area contributed by atoms with Gasteiger partial charge in [0.25, 0.3) is 0 Å². The molecule has 7 nitrogen and oxygen atoms in total. The van der Waals surface area contributed by atoms with Gasteiger partial charge in [0, 0.05) is 56.7 Å². The normalized spacial score (nSPS) is 25.9. The molecule has 1 N–H and O–H groups in total. The van der Waals surface area contributed by atoms with E-state index in [2.05, 4.69) is 32.1 Å². The van der Waals surface area contributed by atoms with E-state index in [1.54, 1.807) is 0 Å². The number of rotatable bonds is 5. The minimum absolute atomic E-state index is 0.00539. The Kier molecular flexibility index (Phi) is 5.89. The van der Waals surface area contributed by atoms with E-state index in [1.165, 1.54) is 18.5 Å². The number of anilines is 2. The van der Waals surface area contributed by atoms with Gasteiger partial charge >= 0.3 is 0 Å². The third kappa shape index (κ3) is 4.85. The van der Waals surface area contributed by atoms with Crippen LogP contribution in [0.1, 0.15) is 19.3 Å². The first-order valence-electron chi connectivity index (χ1n) is 10.3. The highest BCUT2D eigenvalue weighted by Crippen LogP contribution is 2.22. The van der Waals surface area contributed by atoms with Crippen LogP contribution in [0.3, 0.4) is 0 Å². The molecule has 3 aliphatic heterocycles. The van der Waals surface area contributed by atoms with E-state index < -0.39 is 9.84 Å². The number of hydrogen-bond acceptors (Lipinski definition) is 6. The summed E-state index contributed by atoms with van der Waals surface area (Å²) in [6.07, 6.45) is 3.25. The Morgan fingerprint density at radius 1 is 1.00 bits per heavy atom.